The van der Waals surface area contributed by atoms with Crippen molar-refractivity contribution in [2.45, 2.75) is 43.4 Å². The molecule has 17 heavy (non-hydrogen) atoms. The quantitative estimate of drug-likeness (QED) is 0.819. The van der Waals surface area contributed by atoms with Gasteiger partial charge in [0.15, 0.2) is 9.84 Å². The van der Waals surface area contributed by atoms with Crippen molar-refractivity contribution in [3.8, 4) is 0 Å². The average Bonchev–Trinajstić information content (AvgIpc) is 2.75. The van der Waals surface area contributed by atoms with Gasteiger partial charge in [0.2, 0.25) is 0 Å². The fourth-order valence-corrected chi connectivity index (χ4v) is 4.36. The molecule has 0 aromatic heterocycles. The molecule has 2 aliphatic rings. The largest absolute Gasteiger partial charge is 0.381 e. The molecule has 2 rings (SSSR count). The molecule has 2 fully saturated rings. The highest BCUT2D eigenvalue weighted by Gasteiger charge is 2.34. The normalized spacial score (nSPS) is 31.8. The van der Waals surface area contributed by atoms with Gasteiger partial charge in [0.25, 0.3) is 0 Å². The maximum atomic E-state index is 11.6. The van der Waals surface area contributed by atoms with Crippen molar-refractivity contribution >= 4 is 9.84 Å². The van der Waals surface area contributed by atoms with Crippen LogP contribution in [0.25, 0.3) is 0 Å². The number of ether oxygens (including phenoxy) is 1. The summed E-state index contributed by atoms with van der Waals surface area (Å²) in [6.07, 6.45) is 6.42. The lowest BCUT2D eigenvalue weighted by Crippen LogP contribution is -2.42. The summed E-state index contributed by atoms with van der Waals surface area (Å²) < 4.78 is 28.6. The molecule has 0 amide bonds. The lowest BCUT2D eigenvalue weighted by atomic mass is 10.00. The summed E-state index contributed by atoms with van der Waals surface area (Å²) in [4.78, 5) is 0. The summed E-state index contributed by atoms with van der Waals surface area (Å²) in [5.74, 6) is 0.657. The van der Waals surface area contributed by atoms with Gasteiger partial charge in [-0.1, -0.05) is 6.42 Å². The van der Waals surface area contributed by atoms with Gasteiger partial charge in [-0.25, -0.2) is 8.42 Å². The SMILES string of the molecule is CS(=O)(=O)C1CCCC1NCC1CCOCC1. The molecular weight excluding hydrogens is 238 g/mol. The first-order chi connectivity index (χ1) is 8.07. The fourth-order valence-electron chi connectivity index (χ4n) is 2.94. The van der Waals surface area contributed by atoms with Crippen molar-refractivity contribution in [3.05, 3.63) is 0 Å². The first kappa shape index (κ1) is 13.3. The molecule has 1 saturated carbocycles. The van der Waals surface area contributed by atoms with Crippen LogP contribution in [-0.2, 0) is 14.6 Å². The van der Waals surface area contributed by atoms with Crippen LogP contribution in [0.4, 0.5) is 0 Å². The molecule has 4 nitrogen and oxygen atoms in total. The van der Waals surface area contributed by atoms with Crippen LogP contribution in [0.2, 0.25) is 0 Å². The molecule has 2 unspecified atom stereocenters. The van der Waals surface area contributed by atoms with E-state index < -0.39 is 9.84 Å². The molecule has 1 saturated heterocycles. The van der Waals surface area contributed by atoms with Gasteiger partial charge in [-0.15, -0.1) is 0 Å². The lowest BCUT2D eigenvalue weighted by Gasteiger charge is -2.26. The predicted molar refractivity (Wildman–Crippen MR) is 67.8 cm³/mol. The zero-order valence-corrected chi connectivity index (χ0v) is 11.3. The van der Waals surface area contributed by atoms with Gasteiger partial charge in [-0.2, -0.15) is 0 Å². The van der Waals surface area contributed by atoms with Crippen LogP contribution < -0.4 is 5.32 Å². The maximum Gasteiger partial charge on any atom is 0.151 e. The molecule has 5 heteroatoms. The lowest BCUT2D eigenvalue weighted by molar-refractivity contribution is 0.0655. The molecule has 1 aliphatic heterocycles. The van der Waals surface area contributed by atoms with Crippen LogP contribution >= 0.6 is 0 Å². The summed E-state index contributed by atoms with van der Waals surface area (Å²) >= 11 is 0. The van der Waals surface area contributed by atoms with E-state index in [1.165, 1.54) is 6.26 Å². The molecule has 0 spiro atoms. The highest BCUT2D eigenvalue weighted by atomic mass is 32.2. The topological polar surface area (TPSA) is 55.4 Å². The van der Waals surface area contributed by atoms with Crippen molar-refractivity contribution in [1.29, 1.82) is 0 Å². The molecule has 0 aromatic carbocycles. The van der Waals surface area contributed by atoms with E-state index in [1.54, 1.807) is 0 Å². The van der Waals surface area contributed by atoms with Crippen LogP contribution in [-0.4, -0.2) is 45.7 Å². The van der Waals surface area contributed by atoms with Crippen molar-refractivity contribution in [2.24, 2.45) is 5.92 Å². The highest BCUT2D eigenvalue weighted by molar-refractivity contribution is 7.91. The van der Waals surface area contributed by atoms with Crippen LogP contribution in [0.15, 0.2) is 0 Å². The Bertz CT molecular complexity index is 336. The molecule has 0 aromatic rings. The van der Waals surface area contributed by atoms with Gasteiger partial charge in [-0.3, -0.25) is 0 Å². The Morgan fingerprint density at radius 2 is 1.88 bits per heavy atom. The Morgan fingerprint density at radius 1 is 1.18 bits per heavy atom. The van der Waals surface area contributed by atoms with E-state index in [0.717, 1.165) is 51.9 Å². The minimum atomic E-state index is -2.89. The Morgan fingerprint density at radius 3 is 2.53 bits per heavy atom. The second kappa shape index (κ2) is 5.67. The predicted octanol–water partition coefficient (Wildman–Crippen LogP) is 0.968. The van der Waals surface area contributed by atoms with E-state index in [-0.39, 0.29) is 11.3 Å². The second-order valence-corrected chi connectivity index (χ2v) is 7.63. The van der Waals surface area contributed by atoms with Gasteiger partial charge in [0, 0.05) is 25.5 Å². The zero-order chi connectivity index (χ0) is 12.3. The molecule has 0 bridgehead atoms. The van der Waals surface area contributed by atoms with E-state index in [0.29, 0.717) is 5.92 Å². The Hall–Kier alpha value is -0.130. The number of hydrogen-bond acceptors (Lipinski definition) is 4. The Balaban J connectivity index is 1.81. The van der Waals surface area contributed by atoms with E-state index in [9.17, 15) is 8.42 Å². The molecule has 100 valence electrons. The molecule has 1 N–H and O–H groups in total. The van der Waals surface area contributed by atoms with E-state index in [1.807, 2.05) is 0 Å². The Labute approximate surface area is 104 Å². The summed E-state index contributed by atoms with van der Waals surface area (Å²) in [6, 6.07) is 0.174. The van der Waals surface area contributed by atoms with Crippen molar-refractivity contribution in [1.82, 2.24) is 5.32 Å². The average molecular weight is 261 g/mol. The maximum absolute atomic E-state index is 11.6. The van der Waals surface area contributed by atoms with E-state index >= 15 is 0 Å². The minimum Gasteiger partial charge on any atom is -0.381 e. The van der Waals surface area contributed by atoms with Gasteiger partial charge in [0.1, 0.15) is 0 Å². The van der Waals surface area contributed by atoms with Crippen molar-refractivity contribution < 1.29 is 13.2 Å². The third kappa shape index (κ3) is 3.66. The van der Waals surface area contributed by atoms with Gasteiger partial charge in [-0.05, 0) is 38.1 Å². The summed E-state index contributed by atoms with van der Waals surface area (Å²) in [5, 5.41) is 3.31. The van der Waals surface area contributed by atoms with Crippen molar-refractivity contribution in [2.75, 3.05) is 26.0 Å². The van der Waals surface area contributed by atoms with Gasteiger partial charge in [0.05, 0.1) is 5.25 Å². The molecule has 1 heterocycles. The fraction of sp³-hybridized carbons (Fsp3) is 1.00. The summed E-state index contributed by atoms with van der Waals surface area (Å²) in [7, 11) is -2.89. The van der Waals surface area contributed by atoms with Crippen LogP contribution in [0.3, 0.4) is 0 Å². The first-order valence-corrected chi connectivity index (χ1v) is 8.53. The summed E-state index contributed by atoms with van der Waals surface area (Å²) in [6.45, 7) is 2.65. The number of rotatable bonds is 4. The minimum absolute atomic E-state index is 0.164. The number of hydrogen-bond donors (Lipinski definition) is 1. The monoisotopic (exact) mass is 261 g/mol. The second-order valence-electron chi connectivity index (χ2n) is 5.37. The first-order valence-electron chi connectivity index (χ1n) is 6.57. The third-order valence-electron chi connectivity index (χ3n) is 4.01. The van der Waals surface area contributed by atoms with Crippen LogP contribution in [0.1, 0.15) is 32.1 Å². The molecule has 1 aliphatic carbocycles. The van der Waals surface area contributed by atoms with Crippen LogP contribution in [0.5, 0.6) is 0 Å². The molecule has 2 atom stereocenters. The highest BCUT2D eigenvalue weighted by Crippen LogP contribution is 2.25. The third-order valence-corrected chi connectivity index (χ3v) is 5.68. The van der Waals surface area contributed by atoms with E-state index in [4.69, 9.17) is 4.74 Å². The van der Waals surface area contributed by atoms with Crippen molar-refractivity contribution in [3.63, 3.8) is 0 Å². The van der Waals surface area contributed by atoms with Gasteiger partial charge >= 0.3 is 0 Å². The number of sulfone groups is 1. The van der Waals surface area contributed by atoms with Crippen LogP contribution in [0, 0.1) is 5.92 Å². The van der Waals surface area contributed by atoms with Gasteiger partial charge < -0.3 is 10.1 Å². The molecule has 0 radical (unpaired) electrons. The zero-order valence-electron chi connectivity index (χ0n) is 10.5. The Kier molecular flexibility index (Phi) is 4.44. The van der Waals surface area contributed by atoms with E-state index in [2.05, 4.69) is 5.32 Å². The standard InChI is InChI=1S/C12H23NO3S/c1-17(14,15)12-4-2-3-11(12)13-9-10-5-7-16-8-6-10/h10-13H,2-9H2,1H3. The molecular formula is C12H23NO3S. The summed E-state index contributed by atoms with van der Waals surface area (Å²) in [5.41, 5.74) is 0. The number of nitrogens with one attached hydrogen (secondary N) is 1. The smallest absolute Gasteiger partial charge is 0.151 e.